The van der Waals surface area contributed by atoms with Crippen LogP contribution < -0.4 is 10.4 Å². The molecule has 1 aromatic heterocycles. The molecule has 0 atom stereocenters. The van der Waals surface area contributed by atoms with Crippen molar-refractivity contribution in [2.75, 3.05) is 12.4 Å². The predicted octanol–water partition coefficient (Wildman–Crippen LogP) is 3.29. The molecule has 25 heavy (non-hydrogen) atoms. The van der Waals surface area contributed by atoms with Gasteiger partial charge in [0.1, 0.15) is 5.75 Å². The summed E-state index contributed by atoms with van der Waals surface area (Å²) >= 11 is 1.52. The van der Waals surface area contributed by atoms with Gasteiger partial charge in [-0.15, -0.1) is 5.10 Å². The smallest absolute Gasteiger partial charge is 0.343 e. The van der Waals surface area contributed by atoms with Crippen LogP contribution in [0.2, 0.25) is 0 Å². The van der Waals surface area contributed by atoms with E-state index in [1.807, 2.05) is 49.4 Å². The highest BCUT2D eigenvalue weighted by molar-refractivity contribution is 7.99. The van der Waals surface area contributed by atoms with Gasteiger partial charge in [-0.25, -0.2) is 9.89 Å². The molecule has 0 unspecified atom stereocenters. The summed E-state index contributed by atoms with van der Waals surface area (Å²) in [5.41, 5.74) is 2.15. The van der Waals surface area contributed by atoms with Crippen LogP contribution in [-0.2, 0) is 13.0 Å². The van der Waals surface area contributed by atoms with Crippen LogP contribution in [0.1, 0.15) is 11.1 Å². The standard InChI is InChI=1S/C19H21N3O2S/c1-15-7-5-6-10-17(15)24-13-14-25-19-21-20-18(23)22(19)12-11-16-8-3-2-4-9-16/h2-10H,11-14H2,1H3,(H,20,23). The number of benzene rings is 2. The molecule has 3 aromatic rings. The minimum atomic E-state index is -0.168. The minimum absolute atomic E-state index is 0.168. The van der Waals surface area contributed by atoms with Gasteiger partial charge in [-0.2, -0.15) is 0 Å². The van der Waals surface area contributed by atoms with Crippen LogP contribution in [0.4, 0.5) is 0 Å². The van der Waals surface area contributed by atoms with Crippen molar-refractivity contribution in [3.63, 3.8) is 0 Å². The fourth-order valence-electron chi connectivity index (χ4n) is 2.50. The number of thioether (sulfide) groups is 1. The highest BCUT2D eigenvalue weighted by Gasteiger charge is 2.09. The van der Waals surface area contributed by atoms with E-state index < -0.39 is 0 Å². The molecule has 1 heterocycles. The molecular weight excluding hydrogens is 334 g/mol. The molecule has 130 valence electrons. The number of hydrogen-bond donors (Lipinski definition) is 1. The Bertz CT molecular complexity index is 858. The Hall–Kier alpha value is -2.47. The summed E-state index contributed by atoms with van der Waals surface area (Å²) in [6.45, 7) is 3.20. The molecule has 2 aromatic carbocycles. The van der Waals surface area contributed by atoms with Gasteiger partial charge in [0.25, 0.3) is 0 Å². The lowest BCUT2D eigenvalue weighted by Crippen LogP contribution is -2.19. The van der Waals surface area contributed by atoms with Gasteiger partial charge in [0.2, 0.25) is 0 Å². The second kappa shape index (κ2) is 8.58. The molecule has 0 aliphatic rings. The molecule has 0 aliphatic heterocycles. The Morgan fingerprint density at radius 2 is 1.88 bits per heavy atom. The number of nitrogens with one attached hydrogen (secondary N) is 1. The molecular formula is C19H21N3O2S. The van der Waals surface area contributed by atoms with E-state index in [0.29, 0.717) is 18.3 Å². The first-order valence-electron chi connectivity index (χ1n) is 8.24. The molecule has 0 fully saturated rings. The normalized spacial score (nSPS) is 10.8. The van der Waals surface area contributed by atoms with E-state index in [1.165, 1.54) is 17.3 Å². The number of H-pyrrole nitrogens is 1. The number of aryl methyl sites for hydroxylation is 2. The molecule has 3 rings (SSSR count). The summed E-state index contributed by atoms with van der Waals surface area (Å²) in [6.07, 6.45) is 0.799. The van der Waals surface area contributed by atoms with E-state index in [9.17, 15) is 4.79 Å². The number of aromatic nitrogens is 3. The van der Waals surface area contributed by atoms with Crippen LogP contribution in [-0.4, -0.2) is 27.1 Å². The van der Waals surface area contributed by atoms with Crippen LogP contribution in [0, 0.1) is 6.92 Å². The lowest BCUT2D eigenvalue weighted by Gasteiger charge is -2.09. The number of ether oxygens (including phenoxy) is 1. The van der Waals surface area contributed by atoms with Gasteiger partial charge in [-0.05, 0) is 30.5 Å². The van der Waals surface area contributed by atoms with E-state index in [4.69, 9.17) is 4.74 Å². The van der Waals surface area contributed by atoms with Gasteiger partial charge in [0.15, 0.2) is 5.16 Å². The lowest BCUT2D eigenvalue weighted by atomic mass is 10.1. The third-order valence-electron chi connectivity index (χ3n) is 3.86. The summed E-state index contributed by atoms with van der Waals surface area (Å²) in [6, 6.07) is 18.1. The predicted molar refractivity (Wildman–Crippen MR) is 100 cm³/mol. The van der Waals surface area contributed by atoms with Gasteiger partial charge in [-0.1, -0.05) is 60.3 Å². The van der Waals surface area contributed by atoms with Gasteiger partial charge in [0.05, 0.1) is 6.61 Å². The van der Waals surface area contributed by atoms with Crippen LogP contribution in [0.15, 0.2) is 64.5 Å². The van der Waals surface area contributed by atoms with Crippen LogP contribution in [0.5, 0.6) is 5.75 Å². The molecule has 0 amide bonds. The molecule has 6 heteroatoms. The molecule has 0 saturated heterocycles. The van der Waals surface area contributed by atoms with Crippen molar-refractivity contribution in [1.82, 2.24) is 14.8 Å². The maximum absolute atomic E-state index is 12.0. The molecule has 0 radical (unpaired) electrons. The van der Waals surface area contributed by atoms with Gasteiger partial charge in [-0.3, -0.25) is 4.57 Å². The highest BCUT2D eigenvalue weighted by Crippen LogP contribution is 2.18. The zero-order chi connectivity index (χ0) is 17.5. The monoisotopic (exact) mass is 355 g/mol. The number of nitrogens with zero attached hydrogens (tertiary/aromatic N) is 2. The third kappa shape index (κ3) is 4.76. The van der Waals surface area contributed by atoms with Gasteiger partial charge >= 0.3 is 5.69 Å². The number of aromatic amines is 1. The van der Waals surface area contributed by atoms with Crippen molar-refractivity contribution in [3.05, 3.63) is 76.2 Å². The average Bonchev–Trinajstić information content (AvgIpc) is 2.99. The summed E-state index contributed by atoms with van der Waals surface area (Å²) in [5.74, 6) is 1.62. The van der Waals surface area contributed by atoms with Crippen LogP contribution in [0.25, 0.3) is 0 Å². The SMILES string of the molecule is Cc1ccccc1OCCSc1n[nH]c(=O)n1CCc1ccccc1. The fourth-order valence-corrected chi connectivity index (χ4v) is 3.29. The molecule has 5 nitrogen and oxygen atoms in total. The molecule has 0 bridgehead atoms. The highest BCUT2D eigenvalue weighted by atomic mass is 32.2. The fraction of sp³-hybridized carbons (Fsp3) is 0.263. The van der Waals surface area contributed by atoms with E-state index in [0.717, 1.165) is 23.5 Å². The summed E-state index contributed by atoms with van der Waals surface area (Å²) in [5, 5.41) is 7.36. The largest absolute Gasteiger partial charge is 0.492 e. The maximum atomic E-state index is 12.0. The lowest BCUT2D eigenvalue weighted by molar-refractivity contribution is 0.341. The minimum Gasteiger partial charge on any atom is -0.492 e. The third-order valence-corrected chi connectivity index (χ3v) is 4.80. The Kier molecular flexibility index (Phi) is 5.95. The summed E-state index contributed by atoms with van der Waals surface area (Å²) < 4.78 is 7.47. The van der Waals surface area contributed by atoms with Crippen LogP contribution >= 0.6 is 11.8 Å². The second-order valence-electron chi connectivity index (χ2n) is 5.66. The van der Waals surface area contributed by atoms with E-state index >= 15 is 0 Å². The quantitative estimate of drug-likeness (QED) is 0.497. The number of para-hydroxylation sites is 1. The average molecular weight is 355 g/mol. The zero-order valence-electron chi connectivity index (χ0n) is 14.1. The number of rotatable bonds is 8. The Balaban J connectivity index is 1.53. The van der Waals surface area contributed by atoms with E-state index in [1.54, 1.807) is 4.57 Å². The Morgan fingerprint density at radius 1 is 1.12 bits per heavy atom. The van der Waals surface area contributed by atoms with Crippen molar-refractivity contribution in [3.8, 4) is 5.75 Å². The molecule has 0 aliphatic carbocycles. The van der Waals surface area contributed by atoms with Crippen molar-refractivity contribution < 1.29 is 4.74 Å². The van der Waals surface area contributed by atoms with Crippen molar-refractivity contribution in [2.45, 2.75) is 25.0 Å². The molecule has 0 spiro atoms. The topological polar surface area (TPSA) is 59.9 Å². The first-order chi connectivity index (χ1) is 12.2. The van der Waals surface area contributed by atoms with Crippen molar-refractivity contribution >= 4 is 11.8 Å². The van der Waals surface area contributed by atoms with Gasteiger partial charge in [0, 0.05) is 12.3 Å². The summed E-state index contributed by atoms with van der Waals surface area (Å²) in [7, 11) is 0. The van der Waals surface area contributed by atoms with Crippen molar-refractivity contribution in [2.24, 2.45) is 0 Å². The van der Waals surface area contributed by atoms with Crippen LogP contribution in [0.3, 0.4) is 0 Å². The zero-order valence-corrected chi connectivity index (χ0v) is 15.0. The maximum Gasteiger partial charge on any atom is 0.343 e. The van der Waals surface area contributed by atoms with E-state index in [2.05, 4.69) is 22.3 Å². The van der Waals surface area contributed by atoms with E-state index in [-0.39, 0.29) is 5.69 Å². The second-order valence-corrected chi connectivity index (χ2v) is 6.72. The van der Waals surface area contributed by atoms with Gasteiger partial charge < -0.3 is 4.74 Å². The van der Waals surface area contributed by atoms with Crippen molar-refractivity contribution in [1.29, 1.82) is 0 Å². The summed E-state index contributed by atoms with van der Waals surface area (Å²) in [4.78, 5) is 12.0. The first kappa shape index (κ1) is 17.4. The molecule has 0 saturated carbocycles. The number of hydrogen-bond acceptors (Lipinski definition) is 4. The first-order valence-corrected chi connectivity index (χ1v) is 9.23. The molecule has 1 N–H and O–H groups in total. The Labute approximate surface area is 151 Å². The Morgan fingerprint density at radius 3 is 2.68 bits per heavy atom.